The zero-order valence-corrected chi connectivity index (χ0v) is 17.4. The molecule has 0 amide bonds. The summed E-state index contributed by atoms with van der Waals surface area (Å²) in [7, 11) is 3.75. The summed E-state index contributed by atoms with van der Waals surface area (Å²) in [5, 5.41) is 2.75. The van der Waals surface area contributed by atoms with Gasteiger partial charge in [0.2, 0.25) is 0 Å². The molecule has 1 N–H and O–H groups in total. The lowest BCUT2D eigenvalue weighted by molar-refractivity contribution is 0.432. The van der Waals surface area contributed by atoms with Crippen LogP contribution in [0.4, 0.5) is 0 Å². The van der Waals surface area contributed by atoms with Crippen molar-refractivity contribution in [3.05, 3.63) is 47.0 Å². The second-order valence-electron chi connectivity index (χ2n) is 6.18. The lowest BCUT2D eigenvalue weighted by Gasteiger charge is -2.32. The Kier molecular flexibility index (Phi) is 15.4. The highest BCUT2D eigenvalue weighted by molar-refractivity contribution is 6.20. The molecular weight excluding hydrogens is 349 g/mol. The quantitative estimate of drug-likeness (QED) is 0.498. The maximum atomic E-state index is 5.23. The minimum absolute atomic E-state index is 0. The Morgan fingerprint density at radius 3 is 2.13 bits per heavy atom. The van der Waals surface area contributed by atoms with Gasteiger partial charge in [0.1, 0.15) is 0 Å². The lowest BCUT2D eigenvalue weighted by Crippen LogP contribution is -2.23. The zero-order chi connectivity index (χ0) is 17.0. The highest BCUT2D eigenvalue weighted by atomic mass is 35.5. The molecule has 0 atom stereocenters. The molecule has 0 fully saturated rings. The van der Waals surface area contributed by atoms with E-state index in [1.54, 1.807) is 11.1 Å². The first-order valence-electron chi connectivity index (χ1n) is 7.88. The fourth-order valence-electron chi connectivity index (χ4n) is 2.57. The van der Waals surface area contributed by atoms with Crippen molar-refractivity contribution in [3.63, 3.8) is 0 Å². The minimum Gasteiger partial charge on any atom is -0.323 e. The first-order valence-corrected chi connectivity index (χ1v) is 8.95. The Balaban J connectivity index is 0. The second-order valence-corrected chi connectivity index (χ2v) is 6.80. The summed E-state index contributed by atoms with van der Waals surface area (Å²) in [5.41, 5.74) is 4.96. The number of nitrogens with one attached hydrogen (secondary N) is 1. The zero-order valence-electron chi connectivity index (χ0n) is 15.1. The van der Waals surface area contributed by atoms with Crippen LogP contribution in [0.1, 0.15) is 43.4 Å². The van der Waals surface area contributed by atoms with Gasteiger partial charge in [0.25, 0.3) is 0 Å². The van der Waals surface area contributed by atoms with Crippen molar-refractivity contribution in [1.29, 1.82) is 0 Å². The second kappa shape index (κ2) is 14.2. The summed E-state index contributed by atoms with van der Waals surface area (Å²) in [5.74, 6) is 1.12. The van der Waals surface area contributed by atoms with Gasteiger partial charge >= 0.3 is 0 Å². The van der Waals surface area contributed by atoms with Crippen molar-refractivity contribution in [2.24, 2.45) is 0 Å². The van der Waals surface area contributed by atoms with Gasteiger partial charge in [-0.1, -0.05) is 49.8 Å². The predicted molar refractivity (Wildman–Crippen MR) is 110 cm³/mol. The van der Waals surface area contributed by atoms with E-state index >= 15 is 0 Å². The fourth-order valence-corrected chi connectivity index (χ4v) is 2.82. The summed E-state index contributed by atoms with van der Waals surface area (Å²) in [4.78, 5) is 0. The average Bonchev–Trinajstić information content (AvgIpc) is 2.46. The van der Waals surface area contributed by atoms with Gasteiger partial charge in [-0.3, -0.25) is 0 Å². The SMILES string of the molecule is CNC.Cc1ccc2c(c1)CCCC2(C)C.Cl.ClC/C=C/CCl. The van der Waals surface area contributed by atoms with E-state index in [2.05, 4.69) is 44.3 Å². The number of hydrogen-bond acceptors (Lipinski definition) is 1. The van der Waals surface area contributed by atoms with Gasteiger partial charge in [0.05, 0.1) is 0 Å². The standard InChI is InChI=1S/C13H18.C4H6Cl2.C2H7N.ClH/c1-10-6-7-12-11(9-10)5-4-8-13(12,2)3;5-3-1-2-4-6;1-3-2;/h6-7,9H,4-5,8H2,1-3H3;1-2H,3-4H2;3H,1-2H3;1H/b;2-1+;;. The van der Waals surface area contributed by atoms with Gasteiger partial charge in [0.15, 0.2) is 0 Å². The molecule has 0 radical (unpaired) electrons. The van der Waals surface area contributed by atoms with Crippen LogP contribution in [0.2, 0.25) is 0 Å². The summed E-state index contributed by atoms with van der Waals surface area (Å²) in [6.45, 7) is 6.91. The number of benzene rings is 1. The van der Waals surface area contributed by atoms with Crippen LogP contribution in [-0.4, -0.2) is 25.9 Å². The third-order valence-corrected chi connectivity index (χ3v) is 3.94. The molecule has 0 bridgehead atoms. The van der Waals surface area contributed by atoms with Gasteiger partial charge in [-0.2, -0.15) is 0 Å². The van der Waals surface area contributed by atoms with Crippen LogP contribution in [0.25, 0.3) is 0 Å². The van der Waals surface area contributed by atoms with E-state index in [9.17, 15) is 0 Å². The molecule has 2 rings (SSSR count). The number of rotatable bonds is 2. The van der Waals surface area contributed by atoms with Gasteiger partial charge in [0, 0.05) is 11.8 Å². The van der Waals surface area contributed by atoms with E-state index in [1.807, 2.05) is 26.2 Å². The monoisotopic (exact) mass is 379 g/mol. The molecule has 4 heteroatoms. The molecule has 1 aliphatic carbocycles. The van der Waals surface area contributed by atoms with Gasteiger partial charge < -0.3 is 5.32 Å². The molecule has 0 aliphatic heterocycles. The molecule has 1 aromatic rings. The minimum atomic E-state index is 0. The summed E-state index contributed by atoms with van der Waals surface area (Å²) < 4.78 is 0. The number of aryl methyl sites for hydroxylation is 2. The number of fused-ring (bicyclic) bond motifs is 1. The third kappa shape index (κ3) is 10.3. The Bertz CT molecular complexity index is 436. The van der Waals surface area contributed by atoms with Crippen LogP contribution >= 0.6 is 35.6 Å². The summed E-state index contributed by atoms with van der Waals surface area (Å²) in [6, 6.07) is 6.92. The van der Waals surface area contributed by atoms with Crippen LogP contribution in [-0.2, 0) is 11.8 Å². The Morgan fingerprint density at radius 2 is 1.65 bits per heavy atom. The molecule has 0 saturated carbocycles. The Labute approximate surface area is 159 Å². The van der Waals surface area contributed by atoms with E-state index in [4.69, 9.17) is 23.2 Å². The van der Waals surface area contributed by atoms with E-state index in [0.717, 1.165) is 0 Å². The molecule has 134 valence electrons. The lowest BCUT2D eigenvalue weighted by atomic mass is 9.72. The molecule has 0 saturated heterocycles. The molecule has 0 aromatic heterocycles. The summed E-state index contributed by atoms with van der Waals surface area (Å²) in [6.07, 6.45) is 7.59. The van der Waals surface area contributed by atoms with Crippen LogP contribution in [0.5, 0.6) is 0 Å². The Hall–Kier alpha value is -0.210. The predicted octanol–water partition coefficient (Wildman–Crippen LogP) is 5.89. The molecule has 23 heavy (non-hydrogen) atoms. The van der Waals surface area contributed by atoms with Crippen LogP contribution < -0.4 is 5.32 Å². The number of allylic oxidation sites excluding steroid dienone is 2. The first-order chi connectivity index (χ1) is 10.4. The van der Waals surface area contributed by atoms with Crippen molar-refractivity contribution >= 4 is 35.6 Å². The number of alkyl halides is 2. The van der Waals surface area contributed by atoms with Crippen LogP contribution in [0.15, 0.2) is 30.4 Å². The molecule has 0 unspecified atom stereocenters. The molecule has 1 nitrogen and oxygen atoms in total. The van der Waals surface area contributed by atoms with Crippen molar-refractivity contribution in [3.8, 4) is 0 Å². The molecule has 0 heterocycles. The van der Waals surface area contributed by atoms with E-state index in [-0.39, 0.29) is 12.4 Å². The van der Waals surface area contributed by atoms with Crippen molar-refractivity contribution < 1.29 is 0 Å². The molecule has 1 aliphatic rings. The maximum Gasteiger partial charge on any atom is 0.0404 e. The van der Waals surface area contributed by atoms with E-state index in [0.29, 0.717) is 17.2 Å². The van der Waals surface area contributed by atoms with Crippen LogP contribution in [0, 0.1) is 6.92 Å². The normalized spacial score (nSPS) is 14.6. The largest absolute Gasteiger partial charge is 0.323 e. The summed E-state index contributed by atoms with van der Waals surface area (Å²) >= 11 is 10.5. The van der Waals surface area contributed by atoms with Crippen molar-refractivity contribution in [2.75, 3.05) is 25.9 Å². The smallest absolute Gasteiger partial charge is 0.0404 e. The highest BCUT2D eigenvalue weighted by Crippen LogP contribution is 2.36. The maximum absolute atomic E-state index is 5.23. The van der Waals surface area contributed by atoms with Gasteiger partial charge in [-0.05, 0) is 56.8 Å². The number of halogens is 3. The van der Waals surface area contributed by atoms with Crippen LogP contribution in [0.3, 0.4) is 0 Å². The van der Waals surface area contributed by atoms with E-state index < -0.39 is 0 Å². The fraction of sp³-hybridized carbons (Fsp3) is 0.579. The third-order valence-electron chi connectivity index (χ3n) is 3.58. The Morgan fingerprint density at radius 1 is 1.13 bits per heavy atom. The highest BCUT2D eigenvalue weighted by Gasteiger charge is 2.26. The number of hydrogen-bond donors (Lipinski definition) is 1. The van der Waals surface area contributed by atoms with Gasteiger partial charge in [-0.25, -0.2) is 0 Å². The molecule has 0 spiro atoms. The van der Waals surface area contributed by atoms with Crippen molar-refractivity contribution in [2.45, 2.75) is 45.4 Å². The van der Waals surface area contributed by atoms with E-state index in [1.165, 1.54) is 24.8 Å². The topological polar surface area (TPSA) is 12.0 Å². The molecular formula is C19H32Cl3N. The first kappa shape index (κ1) is 25.0. The van der Waals surface area contributed by atoms with Gasteiger partial charge in [-0.15, -0.1) is 35.6 Å². The van der Waals surface area contributed by atoms with Crippen molar-refractivity contribution in [1.82, 2.24) is 5.32 Å². The average molecular weight is 381 g/mol. The molecule has 1 aromatic carbocycles.